The number of carbonyl (C=O) groups excluding carboxylic acids is 1. The number of anilines is 1. The van der Waals surface area contributed by atoms with E-state index in [1.54, 1.807) is 6.08 Å². The maximum absolute atomic E-state index is 12.6. The molecule has 6 N–H and O–H groups in total. The number of aliphatic hydroxyl groups is 3. The van der Waals surface area contributed by atoms with Crippen LogP contribution in [0.3, 0.4) is 0 Å². The van der Waals surface area contributed by atoms with Gasteiger partial charge in [-0.15, -0.1) is 0 Å². The van der Waals surface area contributed by atoms with Crippen molar-refractivity contribution in [1.29, 1.82) is 5.26 Å². The zero-order valence-corrected chi connectivity index (χ0v) is 28.4. The van der Waals surface area contributed by atoms with Crippen molar-refractivity contribution < 1.29 is 43.8 Å². The van der Waals surface area contributed by atoms with Crippen LogP contribution in [0.25, 0.3) is 16.8 Å². The van der Waals surface area contributed by atoms with Gasteiger partial charge in [0.15, 0.2) is 6.29 Å². The Labute approximate surface area is 291 Å². The van der Waals surface area contributed by atoms with Gasteiger partial charge < -0.3 is 55.1 Å². The van der Waals surface area contributed by atoms with Gasteiger partial charge >= 0.3 is 0 Å². The molecule has 5 unspecified atom stereocenters. The fourth-order valence-electron chi connectivity index (χ4n) is 5.59. The Morgan fingerprint density at radius 2 is 1.70 bits per heavy atom. The van der Waals surface area contributed by atoms with E-state index in [9.17, 15) is 25.4 Å². The molecule has 2 saturated heterocycles. The van der Waals surface area contributed by atoms with E-state index in [1.165, 1.54) is 38.3 Å². The minimum Gasteiger partial charge on any atom is -0.388 e. The SMILES string of the molecule is COC1OC(CN=CC(COCCOCCOCCNC(=O)/C(C#N)=C/c2ccc3cc(N4CCCCC4)ccc3c2)=NN)C(O)C(O)C1O. The molecule has 2 heterocycles. The van der Waals surface area contributed by atoms with Crippen LogP contribution in [0.1, 0.15) is 24.8 Å². The fraction of sp³-hybridized carbons (Fsp3) is 0.543. The monoisotopic (exact) mass is 696 g/mol. The minimum atomic E-state index is -1.43. The zero-order valence-electron chi connectivity index (χ0n) is 28.4. The smallest absolute Gasteiger partial charge is 0.262 e. The number of carbonyl (C=O) groups is 1. The number of hydrogen-bond acceptors (Lipinski definition) is 14. The van der Waals surface area contributed by atoms with Crippen LogP contribution in [-0.2, 0) is 28.5 Å². The number of aliphatic hydroxyl groups excluding tert-OH is 3. The number of nitrogens with one attached hydrogen (secondary N) is 1. The Bertz CT molecular complexity index is 1510. The van der Waals surface area contributed by atoms with Gasteiger partial charge in [0.25, 0.3) is 5.91 Å². The average Bonchev–Trinajstić information content (AvgIpc) is 3.15. The first-order valence-electron chi connectivity index (χ1n) is 16.8. The maximum Gasteiger partial charge on any atom is 0.262 e. The molecule has 15 heteroatoms. The number of fused-ring (bicyclic) bond motifs is 1. The standard InChI is InChI=1S/C35H48N6O9/c1-46-35-33(44)32(43)31(42)30(50-35)22-38-21-28(40-37)23-49-16-15-48-14-13-47-12-9-39-34(45)27(20-36)18-24-5-6-26-19-29(8-7-25(26)17-24)41-10-3-2-4-11-41/h5-8,17-19,21,30-33,35,42-44H,2-4,9-16,22-23,37H2,1H3,(H,39,45)/b27-18+,38-21?,40-28?. The van der Waals surface area contributed by atoms with Crippen LogP contribution in [-0.4, -0.2) is 137 Å². The molecule has 2 aliphatic heterocycles. The fourth-order valence-corrected chi connectivity index (χ4v) is 5.59. The third kappa shape index (κ3) is 11.5. The number of methoxy groups -OCH3 is 1. The van der Waals surface area contributed by atoms with Crippen LogP contribution in [0.2, 0.25) is 0 Å². The molecule has 0 aromatic heterocycles. The summed E-state index contributed by atoms with van der Waals surface area (Å²) in [7, 11) is 1.32. The van der Waals surface area contributed by atoms with E-state index < -0.39 is 36.6 Å². The number of piperidine rings is 1. The van der Waals surface area contributed by atoms with Crippen molar-refractivity contribution >= 4 is 40.4 Å². The van der Waals surface area contributed by atoms with E-state index >= 15 is 0 Å². The Hall–Kier alpha value is -3.98. The van der Waals surface area contributed by atoms with Crippen molar-refractivity contribution in [2.24, 2.45) is 15.9 Å². The Morgan fingerprint density at radius 3 is 2.42 bits per heavy atom. The second-order valence-corrected chi connectivity index (χ2v) is 11.9. The molecule has 1 amide bonds. The van der Waals surface area contributed by atoms with Gasteiger partial charge in [-0.05, 0) is 59.9 Å². The normalized spacial score (nSPS) is 23.3. The lowest BCUT2D eigenvalue weighted by molar-refractivity contribution is -0.287. The lowest BCUT2D eigenvalue weighted by Gasteiger charge is -2.39. The Morgan fingerprint density at radius 1 is 1.00 bits per heavy atom. The predicted molar refractivity (Wildman–Crippen MR) is 188 cm³/mol. The quantitative estimate of drug-likeness (QED) is 0.0365. The average molecular weight is 697 g/mol. The van der Waals surface area contributed by atoms with Gasteiger partial charge in [0, 0.05) is 38.6 Å². The molecule has 0 bridgehead atoms. The van der Waals surface area contributed by atoms with Gasteiger partial charge in [-0.2, -0.15) is 10.4 Å². The summed E-state index contributed by atoms with van der Waals surface area (Å²) >= 11 is 0. The number of nitrogens with two attached hydrogens (primary N) is 1. The first-order valence-corrected chi connectivity index (χ1v) is 16.8. The van der Waals surface area contributed by atoms with Crippen molar-refractivity contribution in [2.45, 2.75) is 50.0 Å². The first-order chi connectivity index (χ1) is 24.3. The van der Waals surface area contributed by atoms with Gasteiger partial charge in [0.2, 0.25) is 0 Å². The third-order valence-electron chi connectivity index (χ3n) is 8.36. The summed E-state index contributed by atoms with van der Waals surface area (Å²) < 4.78 is 26.9. The summed E-state index contributed by atoms with van der Waals surface area (Å²) in [5.74, 6) is 4.93. The largest absolute Gasteiger partial charge is 0.388 e. The van der Waals surface area contributed by atoms with Gasteiger partial charge in [-0.3, -0.25) is 9.79 Å². The van der Waals surface area contributed by atoms with Crippen LogP contribution in [0.5, 0.6) is 0 Å². The molecule has 4 rings (SSSR count). The van der Waals surface area contributed by atoms with Crippen molar-refractivity contribution in [1.82, 2.24) is 5.32 Å². The second kappa shape index (κ2) is 20.6. The van der Waals surface area contributed by atoms with Gasteiger partial charge in [-0.1, -0.05) is 18.2 Å². The van der Waals surface area contributed by atoms with Crippen LogP contribution in [0, 0.1) is 11.3 Å². The number of nitriles is 1. The van der Waals surface area contributed by atoms with Crippen LogP contribution >= 0.6 is 0 Å². The molecule has 0 saturated carbocycles. The molecule has 0 spiro atoms. The molecule has 0 radical (unpaired) electrons. The molecule has 2 fully saturated rings. The summed E-state index contributed by atoms with van der Waals surface area (Å²) in [5.41, 5.74) is 2.36. The molecule has 2 aromatic carbocycles. The summed E-state index contributed by atoms with van der Waals surface area (Å²) in [6, 6.07) is 14.3. The van der Waals surface area contributed by atoms with Crippen molar-refractivity contribution in [2.75, 3.05) is 77.8 Å². The van der Waals surface area contributed by atoms with Gasteiger partial charge in [0.1, 0.15) is 41.8 Å². The van der Waals surface area contributed by atoms with Crippen molar-refractivity contribution in [3.05, 3.63) is 47.5 Å². The Kier molecular flexibility index (Phi) is 16.0. The van der Waals surface area contributed by atoms with Gasteiger partial charge in [-0.25, -0.2) is 0 Å². The van der Waals surface area contributed by atoms with E-state index in [4.69, 9.17) is 29.5 Å². The molecule has 2 aliphatic rings. The highest BCUT2D eigenvalue weighted by Crippen LogP contribution is 2.26. The highest BCUT2D eigenvalue weighted by Gasteiger charge is 2.43. The van der Waals surface area contributed by atoms with Crippen LogP contribution < -0.4 is 16.1 Å². The van der Waals surface area contributed by atoms with Gasteiger partial charge in [0.05, 0.1) is 46.2 Å². The lowest BCUT2D eigenvalue weighted by atomic mass is 9.99. The molecule has 0 aliphatic carbocycles. The number of nitrogens with zero attached hydrogens (tertiary/aromatic N) is 4. The highest BCUT2D eigenvalue weighted by molar-refractivity contribution is 6.31. The highest BCUT2D eigenvalue weighted by atomic mass is 16.7. The predicted octanol–water partition coefficient (Wildman–Crippen LogP) is 0.743. The van der Waals surface area contributed by atoms with Crippen LogP contribution in [0.15, 0.2) is 52.1 Å². The number of ether oxygens (including phenoxy) is 5. The van der Waals surface area contributed by atoms with E-state index in [0.29, 0.717) is 25.5 Å². The number of aliphatic imine (C=N–C) groups is 1. The molecule has 2 aromatic rings. The molecular weight excluding hydrogens is 648 g/mol. The molecule has 50 heavy (non-hydrogen) atoms. The first kappa shape index (κ1) is 38.8. The van der Waals surface area contributed by atoms with E-state index in [0.717, 1.165) is 29.4 Å². The summed E-state index contributed by atoms with van der Waals surface area (Å²) in [6.07, 6.45) is 0.546. The molecular formula is C35H48N6O9. The van der Waals surface area contributed by atoms with E-state index in [-0.39, 0.29) is 38.5 Å². The Balaban J connectivity index is 1.06. The number of amides is 1. The van der Waals surface area contributed by atoms with E-state index in [1.807, 2.05) is 24.3 Å². The minimum absolute atomic E-state index is 0.0181. The molecule has 15 nitrogen and oxygen atoms in total. The van der Waals surface area contributed by atoms with Crippen LogP contribution in [0.4, 0.5) is 5.69 Å². The second-order valence-electron chi connectivity index (χ2n) is 11.9. The summed E-state index contributed by atoms with van der Waals surface area (Å²) in [5, 5.41) is 48.0. The topological polar surface area (TPSA) is 214 Å². The zero-order chi connectivity index (χ0) is 35.7. The molecule has 272 valence electrons. The molecule has 5 atom stereocenters. The summed E-state index contributed by atoms with van der Waals surface area (Å²) in [4.78, 5) is 19.1. The third-order valence-corrected chi connectivity index (χ3v) is 8.36. The number of hydrazone groups is 1. The lowest BCUT2D eigenvalue weighted by Crippen LogP contribution is -2.58. The number of rotatable bonds is 18. The maximum atomic E-state index is 12.6. The van der Waals surface area contributed by atoms with Crippen molar-refractivity contribution in [3.8, 4) is 6.07 Å². The van der Waals surface area contributed by atoms with E-state index in [2.05, 4.69) is 38.5 Å². The summed E-state index contributed by atoms with van der Waals surface area (Å²) in [6.45, 7) is 3.86. The number of hydrogen-bond donors (Lipinski definition) is 5. The number of benzene rings is 2. The van der Waals surface area contributed by atoms with Crippen molar-refractivity contribution in [3.63, 3.8) is 0 Å².